The van der Waals surface area contributed by atoms with Gasteiger partial charge in [-0.15, -0.1) is 0 Å². The van der Waals surface area contributed by atoms with Crippen molar-refractivity contribution in [2.45, 2.75) is 6.92 Å². The number of carbonyl (C=O) groups excluding carboxylic acids is 3. The third kappa shape index (κ3) is 3.42. The van der Waals surface area contributed by atoms with Crippen molar-refractivity contribution in [3.63, 3.8) is 0 Å². The molecule has 10 heavy (non-hydrogen) atoms. The van der Waals surface area contributed by atoms with E-state index in [1.165, 1.54) is 5.48 Å². The van der Waals surface area contributed by atoms with Crippen LogP contribution in [-0.4, -0.2) is 17.8 Å². The van der Waals surface area contributed by atoms with Crippen LogP contribution < -0.4 is 10.6 Å². The highest BCUT2D eigenvalue weighted by Crippen LogP contribution is 1.68. The first-order chi connectivity index (χ1) is 4.54. The SMILES string of the molecule is CC(=O)ONC(=O)C(=O)[O-]. The molecule has 1 N–H and O–H groups in total. The fraction of sp³-hybridized carbons (Fsp3) is 0.250. The van der Waals surface area contributed by atoms with E-state index in [9.17, 15) is 19.5 Å². The van der Waals surface area contributed by atoms with E-state index in [1.54, 1.807) is 0 Å². The summed E-state index contributed by atoms with van der Waals surface area (Å²) in [5.41, 5.74) is 1.33. The molecule has 0 aliphatic rings. The highest BCUT2D eigenvalue weighted by atomic mass is 16.7. The molecule has 0 aromatic carbocycles. The van der Waals surface area contributed by atoms with Gasteiger partial charge in [0.2, 0.25) is 0 Å². The average molecular weight is 146 g/mol. The largest absolute Gasteiger partial charge is 0.540 e. The van der Waals surface area contributed by atoms with Gasteiger partial charge in [0.15, 0.2) is 0 Å². The van der Waals surface area contributed by atoms with Crippen molar-refractivity contribution < 1.29 is 24.3 Å². The molecule has 0 bridgehead atoms. The minimum absolute atomic E-state index is 0.811. The second-order valence-electron chi connectivity index (χ2n) is 1.31. The molecule has 0 heterocycles. The fourth-order valence-electron chi connectivity index (χ4n) is 0.160. The van der Waals surface area contributed by atoms with Crippen LogP contribution in [-0.2, 0) is 19.2 Å². The monoisotopic (exact) mass is 146 g/mol. The van der Waals surface area contributed by atoms with Crippen LogP contribution >= 0.6 is 0 Å². The highest BCUT2D eigenvalue weighted by Gasteiger charge is 2.01. The van der Waals surface area contributed by atoms with Gasteiger partial charge in [-0.1, -0.05) is 0 Å². The molecule has 0 aliphatic carbocycles. The molecule has 0 aliphatic heterocycles. The zero-order valence-corrected chi connectivity index (χ0v) is 5.04. The molecule has 0 saturated carbocycles. The van der Waals surface area contributed by atoms with Crippen molar-refractivity contribution >= 4 is 17.8 Å². The quantitative estimate of drug-likeness (QED) is 0.297. The number of amides is 1. The number of hydrogen-bond donors (Lipinski definition) is 1. The summed E-state index contributed by atoms with van der Waals surface area (Å²) in [6, 6.07) is 0. The Hall–Kier alpha value is -1.59. The molecular weight excluding hydrogens is 142 g/mol. The van der Waals surface area contributed by atoms with E-state index in [2.05, 4.69) is 4.84 Å². The molecule has 56 valence electrons. The molecule has 0 rings (SSSR count). The van der Waals surface area contributed by atoms with Gasteiger partial charge in [0.25, 0.3) is 5.91 Å². The summed E-state index contributed by atoms with van der Waals surface area (Å²) in [6.07, 6.45) is 0. The molecule has 1 amide bonds. The molecule has 0 atom stereocenters. The Morgan fingerprint density at radius 2 is 1.90 bits per heavy atom. The smallest absolute Gasteiger partial charge is 0.329 e. The predicted octanol–water partition coefficient (Wildman–Crippen LogP) is -2.67. The first kappa shape index (κ1) is 8.41. The van der Waals surface area contributed by atoms with Crippen molar-refractivity contribution in [2.75, 3.05) is 0 Å². The van der Waals surface area contributed by atoms with Crippen molar-refractivity contribution in [3.05, 3.63) is 0 Å². The molecule has 6 heteroatoms. The van der Waals surface area contributed by atoms with Gasteiger partial charge >= 0.3 is 5.97 Å². The molecule has 0 spiro atoms. The topological polar surface area (TPSA) is 95.5 Å². The van der Waals surface area contributed by atoms with Crippen LogP contribution in [0.5, 0.6) is 0 Å². The Kier molecular flexibility index (Phi) is 2.89. The Balaban J connectivity index is 3.60. The molecule has 0 saturated heterocycles. The molecule has 6 nitrogen and oxygen atoms in total. The molecule has 0 aromatic rings. The Morgan fingerprint density at radius 1 is 1.40 bits per heavy atom. The maximum atomic E-state index is 10.00. The minimum atomic E-state index is -1.96. The van der Waals surface area contributed by atoms with Crippen molar-refractivity contribution in [1.82, 2.24) is 5.48 Å². The van der Waals surface area contributed by atoms with Crippen molar-refractivity contribution in [2.24, 2.45) is 0 Å². The van der Waals surface area contributed by atoms with Gasteiger partial charge in [-0.3, -0.25) is 9.59 Å². The van der Waals surface area contributed by atoms with Crippen LogP contribution in [0.2, 0.25) is 0 Å². The van der Waals surface area contributed by atoms with Gasteiger partial charge in [-0.2, -0.15) is 5.48 Å². The van der Waals surface area contributed by atoms with E-state index >= 15 is 0 Å². The van der Waals surface area contributed by atoms with Crippen LogP contribution in [0.1, 0.15) is 6.92 Å². The number of hydrogen-bond acceptors (Lipinski definition) is 5. The van der Waals surface area contributed by atoms with Crippen LogP contribution in [0.4, 0.5) is 0 Å². The number of carboxylic acid groups (broad SMARTS) is 1. The van der Waals surface area contributed by atoms with Crippen molar-refractivity contribution in [1.29, 1.82) is 0 Å². The van der Waals surface area contributed by atoms with E-state index in [0.29, 0.717) is 0 Å². The Morgan fingerprint density at radius 3 is 2.20 bits per heavy atom. The lowest BCUT2D eigenvalue weighted by Gasteiger charge is -2.01. The van der Waals surface area contributed by atoms with Crippen LogP contribution in [0.15, 0.2) is 0 Å². The van der Waals surface area contributed by atoms with Gasteiger partial charge in [-0.05, 0) is 0 Å². The second-order valence-corrected chi connectivity index (χ2v) is 1.31. The Bertz CT molecular complexity index is 174. The maximum absolute atomic E-state index is 10.00. The summed E-state index contributed by atoms with van der Waals surface area (Å²) in [5.74, 6) is -4.26. The zero-order chi connectivity index (χ0) is 8.15. The summed E-state index contributed by atoms with van der Waals surface area (Å²) >= 11 is 0. The van der Waals surface area contributed by atoms with E-state index in [1.807, 2.05) is 0 Å². The summed E-state index contributed by atoms with van der Waals surface area (Å²) in [4.78, 5) is 33.3. The normalized spacial score (nSPS) is 8.10. The fourth-order valence-corrected chi connectivity index (χ4v) is 0.160. The first-order valence-electron chi connectivity index (χ1n) is 2.22. The number of nitrogens with one attached hydrogen (secondary N) is 1. The summed E-state index contributed by atoms with van der Waals surface area (Å²) < 4.78 is 0. The van der Waals surface area contributed by atoms with Gasteiger partial charge in [0.05, 0.1) is 0 Å². The third-order valence-corrected chi connectivity index (χ3v) is 0.473. The number of carboxylic acids is 1. The zero-order valence-electron chi connectivity index (χ0n) is 5.04. The number of carbonyl (C=O) groups is 3. The molecule has 0 fully saturated rings. The number of hydroxylamine groups is 1. The van der Waals surface area contributed by atoms with E-state index in [4.69, 9.17) is 0 Å². The third-order valence-electron chi connectivity index (χ3n) is 0.473. The summed E-state index contributed by atoms with van der Waals surface area (Å²) in [5, 5.41) is 9.60. The Labute approximate surface area is 55.7 Å². The maximum Gasteiger partial charge on any atom is 0.329 e. The lowest BCUT2D eigenvalue weighted by atomic mass is 10.7. The highest BCUT2D eigenvalue weighted by molar-refractivity contribution is 6.30. The van der Waals surface area contributed by atoms with Gasteiger partial charge < -0.3 is 14.7 Å². The standard InChI is InChI=1S/C4H5NO5/c1-2(6)10-5-3(7)4(8)9/h1H3,(H,5,7)(H,8,9)/p-1. The molecule has 0 radical (unpaired) electrons. The van der Waals surface area contributed by atoms with Gasteiger partial charge in [0, 0.05) is 6.92 Å². The summed E-state index contributed by atoms with van der Waals surface area (Å²) in [7, 11) is 0. The van der Waals surface area contributed by atoms with Gasteiger partial charge in [0.1, 0.15) is 5.97 Å². The molecular formula is C4H4NO5-. The van der Waals surface area contributed by atoms with Crippen LogP contribution in [0, 0.1) is 0 Å². The van der Waals surface area contributed by atoms with Gasteiger partial charge in [-0.25, -0.2) is 0 Å². The lowest BCUT2D eigenvalue weighted by Crippen LogP contribution is -2.41. The van der Waals surface area contributed by atoms with Crippen molar-refractivity contribution in [3.8, 4) is 0 Å². The molecule has 0 unspecified atom stereocenters. The van der Waals surface area contributed by atoms with E-state index in [0.717, 1.165) is 6.92 Å². The van der Waals surface area contributed by atoms with E-state index < -0.39 is 17.8 Å². The number of rotatable bonds is 0. The van der Waals surface area contributed by atoms with E-state index in [-0.39, 0.29) is 0 Å². The average Bonchev–Trinajstić information content (AvgIpc) is 1.82. The predicted molar refractivity (Wildman–Crippen MR) is 24.9 cm³/mol. The summed E-state index contributed by atoms with van der Waals surface area (Å²) in [6.45, 7) is 1.01. The number of aliphatic carboxylic acids is 1. The second kappa shape index (κ2) is 3.44. The first-order valence-corrected chi connectivity index (χ1v) is 2.22. The lowest BCUT2D eigenvalue weighted by molar-refractivity contribution is -0.301. The van der Waals surface area contributed by atoms with Crippen LogP contribution in [0.25, 0.3) is 0 Å². The van der Waals surface area contributed by atoms with Crippen LogP contribution in [0.3, 0.4) is 0 Å². The minimum Gasteiger partial charge on any atom is -0.540 e. The molecule has 0 aromatic heterocycles.